The summed E-state index contributed by atoms with van der Waals surface area (Å²) in [6, 6.07) is 0. The van der Waals surface area contributed by atoms with E-state index in [1.165, 1.54) is 18.4 Å². The fourth-order valence-electron chi connectivity index (χ4n) is 7.87. The van der Waals surface area contributed by atoms with Gasteiger partial charge >= 0.3 is 5.97 Å². The number of aliphatic hydroxyl groups excluding tert-OH is 6. The minimum Gasteiger partial charge on any atom is -0.479 e. The molecule has 0 aromatic carbocycles. The fraction of sp³-hybridized carbons (Fsp3) is 0.815. The molecule has 0 saturated heterocycles. The van der Waals surface area contributed by atoms with Gasteiger partial charge in [-0.25, -0.2) is 4.79 Å². The molecule has 3 saturated carbocycles. The van der Waals surface area contributed by atoms with Crippen LogP contribution in [0.25, 0.3) is 0 Å². The highest BCUT2D eigenvalue weighted by atomic mass is 16.4. The Kier molecular flexibility index (Phi) is 9.35. The Morgan fingerprint density at radius 1 is 0.946 bits per heavy atom. The van der Waals surface area contributed by atoms with Crippen LogP contribution in [0, 0.1) is 34.5 Å². The van der Waals surface area contributed by atoms with Gasteiger partial charge in [-0.15, -0.1) is 0 Å². The maximum Gasteiger partial charge on any atom is 0.335 e. The van der Waals surface area contributed by atoms with Crippen molar-refractivity contribution >= 4 is 17.5 Å². The lowest BCUT2D eigenvalue weighted by Gasteiger charge is -2.58. The third kappa shape index (κ3) is 5.55. The van der Waals surface area contributed by atoms with Gasteiger partial charge in [0.2, 0.25) is 0 Å². The van der Waals surface area contributed by atoms with Gasteiger partial charge in [0.05, 0.1) is 6.61 Å². The number of rotatable bonds is 7. The summed E-state index contributed by atoms with van der Waals surface area (Å²) >= 11 is 0. The number of carbonyl (C=O) groups excluding carboxylic acids is 2. The number of carboxylic acids is 1. The molecule has 3 fully saturated rings. The summed E-state index contributed by atoms with van der Waals surface area (Å²) < 4.78 is 0. The maximum atomic E-state index is 12.3. The second-order valence-corrected chi connectivity index (χ2v) is 11.8. The molecule has 4 aliphatic carbocycles. The normalized spacial score (nSPS) is 37.9. The lowest BCUT2D eigenvalue weighted by molar-refractivity contribution is -0.164. The van der Waals surface area contributed by atoms with E-state index in [-0.39, 0.29) is 29.1 Å². The predicted octanol–water partition coefficient (Wildman–Crippen LogP) is 0.203. The molecular weight excluding hydrogens is 484 g/mol. The van der Waals surface area contributed by atoms with Crippen LogP contribution in [0.5, 0.6) is 0 Å². The number of ketones is 2. The van der Waals surface area contributed by atoms with Crippen molar-refractivity contribution in [2.24, 2.45) is 34.5 Å². The summed E-state index contributed by atoms with van der Waals surface area (Å²) in [7, 11) is 0. The van der Waals surface area contributed by atoms with Gasteiger partial charge in [-0.2, -0.15) is 0 Å². The van der Waals surface area contributed by atoms with Crippen LogP contribution in [-0.2, 0) is 14.4 Å². The van der Waals surface area contributed by atoms with E-state index in [2.05, 4.69) is 13.8 Å². The van der Waals surface area contributed by atoms with Gasteiger partial charge in [0.25, 0.3) is 0 Å². The Hall–Kier alpha value is -1.69. The first-order valence-corrected chi connectivity index (χ1v) is 13.2. The van der Waals surface area contributed by atoms with Crippen LogP contribution in [0.3, 0.4) is 0 Å². The van der Waals surface area contributed by atoms with Crippen LogP contribution in [-0.4, -0.2) is 90.9 Å². The Morgan fingerprint density at radius 3 is 2.22 bits per heavy atom. The zero-order valence-corrected chi connectivity index (χ0v) is 21.6. The number of aliphatic hydroxyl groups is 6. The first-order chi connectivity index (χ1) is 17.3. The molecule has 0 heterocycles. The summed E-state index contributed by atoms with van der Waals surface area (Å²) in [5, 5.41) is 61.2. The molecule has 37 heavy (non-hydrogen) atoms. The van der Waals surface area contributed by atoms with Gasteiger partial charge in [-0.1, -0.05) is 19.4 Å². The Bertz CT molecular complexity index is 902. The van der Waals surface area contributed by atoms with Crippen molar-refractivity contribution in [3.05, 3.63) is 11.6 Å². The van der Waals surface area contributed by atoms with Gasteiger partial charge in [0.1, 0.15) is 24.9 Å². The number of hydrogen-bond acceptors (Lipinski definition) is 9. The van der Waals surface area contributed by atoms with Crippen molar-refractivity contribution in [3.63, 3.8) is 0 Å². The lowest BCUT2D eigenvalue weighted by Crippen LogP contribution is -2.51. The number of hydrogen-bond donors (Lipinski definition) is 7. The van der Waals surface area contributed by atoms with Crippen molar-refractivity contribution in [1.82, 2.24) is 0 Å². The highest BCUT2D eigenvalue weighted by Crippen LogP contribution is 2.66. The topological polar surface area (TPSA) is 193 Å². The molecule has 0 spiro atoms. The van der Waals surface area contributed by atoms with E-state index in [0.717, 1.165) is 32.1 Å². The van der Waals surface area contributed by atoms with Crippen LogP contribution in [0.4, 0.5) is 0 Å². The zero-order chi connectivity index (χ0) is 27.7. The number of fused-ring (bicyclic) bond motifs is 5. The van der Waals surface area contributed by atoms with Crippen LogP contribution >= 0.6 is 0 Å². The van der Waals surface area contributed by atoms with Crippen molar-refractivity contribution in [2.45, 2.75) is 89.6 Å². The molecule has 4 rings (SSSR count). The largest absolute Gasteiger partial charge is 0.479 e. The molecule has 0 bridgehead atoms. The third-order valence-electron chi connectivity index (χ3n) is 10.0. The smallest absolute Gasteiger partial charge is 0.335 e. The molecule has 0 aromatic heterocycles. The molecule has 7 N–H and O–H groups in total. The lowest BCUT2D eigenvalue weighted by atomic mass is 9.46. The first-order valence-electron chi connectivity index (χ1n) is 13.2. The molecule has 0 aliphatic heterocycles. The first kappa shape index (κ1) is 29.9. The number of allylic oxidation sites excluding steroid dienone is 1. The average molecular weight is 527 g/mol. The van der Waals surface area contributed by atoms with Crippen LogP contribution in [0.2, 0.25) is 0 Å². The van der Waals surface area contributed by atoms with Gasteiger partial charge in [0.15, 0.2) is 17.7 Å². The standard InChI is InChI=1S/C21H30O3.C6H12O7/c1-20-9-7-14(23)11-13(20)3-4-15-16-5-6-18(19(24)12-22)21(16,2)10-8-17(15)20;7-1-2(8)3(9)4(10)5(11)6(12)13/h11,15-18,22H,3-10,12H2,1-2H3;2-5,7-11H,1H2,(H,12,13)/t15-,16-,17-,18+,20-,21-;2-,3-,4+,5-/m01/s1. The third-order valence-corrected chi connectivity index (χ3v) is 10.0. The van der Waals surface area contributed by atoms with E-state index in [9.17, 15) is 19.5 Å². The van der Waals surface area contributed by atoms with E-state index in [4.69, 9.17) is 30.6 Å². The van der Waals surface area contributed by atoms with Crippen LogP contribution in [0.1, 0.15) is 65.2 Å². The minimum absolute atomic E-state index is 0.0596. The summed E-state index contributed by atoms with van der Waals surface area (Å²) in [5.41, 5.74) is 1.70. The van der Waals surface area contributed by atoms with Gasteiger partial charge < -0.3 is 35.7 Å². The molecule has 0 unspecified atom stereocenters. The summed E-state index contributed by atoms with van der Waals surface area (Å²) in [5.74, 6) is 0.693. The SMILES string of the molecule is C[C@]12CC[C@H]3[C@@H](CCC4=CC(=O)CC[C@@]43C)[C@@H]1CC[C@@H]2C(=O)CO.O=C(O)[C@H](O)[C@@H](O)[C@H](O)[C@H](O)CO. The second kappa shape index (κ2) is 11.6. The quantitative estimate of drug-likeness (QED) is 0.241. The van der Waals surface area contributed by atoms with Crippen molar-refractivity contribution in [1.29, 1.82) is 0 Å². The fourth-order valence-corrected chi connectivity index (χ4v) is 7.87. The number of aliphatic carboxylic acids is 1. The molecule has 10 heteroatoms. The van der Waals surface area contributed by atoms with E-state index in [0.29, 0.717) is 30.0 Å². The average Bonchev–Trinajstić information content (AvgIpc) is 3.24. The van der Waals surface area contributed by atoms with E-state index < -0.39 is 37.0 Å². The summed E-state index contributed by atoms with van der Waals surface area (Å²) in [4.78, 5) is 34.2. The summed E-state index contributed by atoms with van der Waals surface area (Å²) in [6.45, 7) is 3.58. The van der Waals surface area contributed by atoms with Gasteiger partial charge in [-0.05, 0) is 79.6 Å². The van der Waals surface area contributed by atoms with Crippen LogP contribution in [0.15, 0.2) is 11.6 Å². The molecule has 0 aromatic rings. The molecular formula is C27H42O10. The van der Waals surface area contributed by atoms with Crippen molar-refractivity contribution in [3.8, 4) is 0 Å². The minimum atomic E-state index is -2.20. The molecule has 0 radical (unpaired) electrons. The number of carboxylic acid groups (broad SMARTS) is 1. The van der Waals surface area contributed by atoms with E-state index >= 15 is 0 Å². The summed E-state index contributed by atoms with van der Waals surface area (Å²) in [6.07, 6.45) is 2.47. The molecule has 210 valence electrons. The van der Waals surface area contributed by atoms with E-state index in [1.807, 2.05) is 6.08 Å². The molecule has 4 aliphatic rings. The van der Waals surface area contributed by atoms with Crippen molar-refractivity contribution in [2.75, 3.05) is 13.2 Å². The van der Waals surface area contributed by atoms with Gasteiger partial charge in [0, 0.05) is 12.3 Å². The predicted molar refractivity (Wildman–Crippen MR) is 131 cm³/mol. The molecule has 0 amide bonds. The Labute approximate surface area is 217 Å². The molecule has 10 nitrogen and oxygen atoms in total. The van der Waals surface area contributed by atoms with Crippen LogP contribution < -0.4 is 0 Å². The Balaban J connectivity index is 0.000000251. The zero-order valence-electron chi connectivity index (χ0n) is 21.6. The molecule has 10 atom stereocenters. The highest BCUT2D eigenvalue weighted by molar-refractivity contribution is 5.91. The van der Waals surface area contributed by atoms with Gasteiger partial charge in [-0.3, -0.25) is 9.59 Å². The van der Waals surface area contributed by atoms with Crippen molar-refractivity contribution < 1.29 is 50.1 Å². The Morgan fingerprint density at radius 2 is 1.62 bits per heavy atom. The second-order valence-electron chi connectivity index (χ2n) is 11.8. The maximum absolute atomic E-state index is 12.3. The monoisotopic (exact) mass is 526 g/mol. The highest BCUT2D eigenvalue weighted by Gasteiger charge is 2.59. The number of Topliss-reactive ketones (excluding diaryl/α,β-unsaturated/α-hetero) is 1. The number of carbonyl (C=O) groups is 3. The van der Waals surface area contributed by atoms with E-state index in [1.54, 1.807) is 0 Å².